The van der Waals surface area contributed by atoms with Crippen molar-refractivity contribution in [1.29, 1.82) is 0 Å². The van der Waals surface area contributed by atoms with Crippen LogP contribution in [0.3, 0.4) is 0 Å². The van der Waals surface area contributed by atoms with Crippen molar-refractivity contribution in [1.82, 2.24) is 0 Å². The number of carbonyl (C=O) groups excluding carboxylic acids is 1. The summed E-state index contributed by atoms with van der Waals surface area (Å²) in [6.07, 6.45) is 22.0. The fourth-order valence-electron chi connectivity index (χ4n) is 2.87. The Labute approximate surface area is 188 Å². The van der Waals surface area contributed by atoms with Crippen molar-refractivity contribution in [2.75, 3.05) is 6.61 Å². The van der Waals surface area contributed by atoms with Gasteiger partial charge in [0.25, 0.3) is 0 Å². The summed E-state index contributed by atoms with van der Waals surface area (Å²) in [5.74, 6) is -0.152. The molecule has 134 valence electrons. The van der Waals surface area contributed by atoms with E-state index in [1.165, 1.54) is 103 Å². The Bertz CT molecular complexity index is 232. The monoisotopic (exact) mass is 352 g/mol. The maximum atomic E-state index is 10.6. The maximum absolute atomic E-state index is 10.6. The summed E-state index contributed by atoms with van der Waals surface area (Å²) in [5, 5.41) is 0. The van der Waals surface area contributed by atoms with Gasteiger partial charge in [-0.15, -0.1) is 0 Å². The van der Waals surface area contributed by atoms with Crippen molar-refractivity contribution in [3.8, 4) is 0 Å². The third-order valence-electron chi connectivity index (χ3n) is 4.30. The van der Waals surface area contributed by atoms with E-state index in [9.17, 15) is 4.79 Å². The molecule has 0 heterocycles. The first-order chi connectivity index (χ1) is 10.8. The molecule has 0 amide bonds. The van der Waals surface area contributed by atoms with Crippen molar-refractivity contribution in [2.24, 2.45) is 0 Å². The molecule has 0 aromatic carbocycles. The van der Waals surface area contributed by atoms with Crippen LogP contribution in [-0.4, -0.2) is 64.0 Å². The van der Waals surface area contributed by atoms with E-state index >= 15 is 0 Å². The van der Waals surface area contributed by atoms with Crippen LogP contribution in [0.2, 0.25) is 0 Å². The van der Waals surface area contributed by atoms with Crippen LogP contribution >= 0.6 is 0 Å². The summed E-state index contributed by atoms with van der Waals surface area (Å²) < 4.78 is 4.92. The average molecular weight is 353 g/mol. The number of unbranched alkanes of at least 4 members (excludes halogenated alkanes) is 15. The van der Waals surface area contributed by atoms with Gasteiger partial charge in [-0.05, 0) is 6.42 Å². The molecule has 0 saturated carbocycles. The molecule has 0 aliphatic heterocycles. The van der Waals surface area contributed by atoms with Gasteiger partial charge in [-0.1, -0.05) is 103 Å². The molecular formula is C20H41KO2. The Kier molecular flexibility index (Phi) is 26.5. The zero-order chi connectivity index (χ0) is 16.3. The number of ether oxygens (including phenoxy) is 1. The number of esters is 1. The Morgan fingerprint density at radius 1 is 0.609 bits per heavy atom. The molecule has 0 spiro atoms. The standard InChI is InChI=1S/C20H40O2.K.H/c1-3-4-5-6-7-8-9-10-11-12-13-14-15-16-17-18-19-22-20(2)21;;/h3-19H2,1-2H3;;. The van der Waals surface area contributed by atoms with E-state index in [0.29, 0.717) is 6.61 Å². The predicted molar refractivity (Wildman–Crippen MR) is 103 cm³/mol. The number of hydrogen-bond acceptors (Lipinski definition) is 2. The van der Waals surface area contributed by atoms with Crippen LogP contribution in [-0.2, 0) is 9.53 Å². The van der Waals surface area contributed by atoms with Gasteiger partial charge in [-0.3, -0.25) is 4.79 Å². The van der Waals surface area contributed by atoms with E-state index in [0.717, 1.165) is 6.42 Å². The third kappa shape index (κ3) is 25.5. The number of hydrogen-bond donors (Lipinski definition) is 0. The fraction of sp³-hybridized carbons (Fsp3) is 0.950. The number of carbonyl (C=O) groups is 1. The summed E-state index contributed by atoms with van der Waals surface area (Å²) >= 11 is 0. The van der Waals surface area contributed by atoms with E-state index in [4.69, 9.17) is 4.74 Å². The molecule has 0 fully saturated rings. The molecule has 0 N–H and O–H groups in total. The van der Waals surface area contributed by atoms with Crippen LogP contribution in [0, 0.1) is 0 Å². The van der Waals surface area contributed by atoms with Crippen LogP contribution in [0.4, 0.5) is 0 Å². The van der Waals surface area contributed by atoms with Gasteiger partial charge in [0.05, 0.1) is 6.61 Å². The van der Waals surface area contributed by atoms with Crippen LogP contribution in [0.15, 0.2) is 0 Å². The molecule has 0 rings (SSSR count). The summed E-state index contributed by atoms with van der Waals surface area (Å²) in [6.45, 7) is 4.36. The molecule has 0 saturated heterocycles. The summed E-state index contributed by atoms with van der Waals surface area (Å²) in [4.78, 5) is 10.6. The summed E-state index contributed by atoms with van der Waals surface area (Å²) in [5.41, 5.74) is 0. The van der Waals surface area contributed by atoms with Gasteiger partial charge in [0.15, 0.2) is 0 Å². The molecule has 0 radical (unpaired) electrons. The van der Waals surface area contributed by atoms with Crippen molar-refractivity contribution in [3.05, 3.63) is 0 Å². The van der Waals surface area contributed by atoms with Crippen molar-refractivity contribution in [3.63, 3.8) is 0 Å². The Morgan fingerprint density at radius 3 is 1.22 bits per heavy atom. The summed E-state index contributed by atoms with van der Waals surface area (Å²) in [7, 11) is 0. The zero-order valence-electron chi connectivity index (χ0n) is 15.3. The Hall–Kier alpha value is 1.11. The van der Waals surface area contributed by atoms with Gasteiger partial charge in [0.1, 0.15) is 0 Å². The second-order valence-electron chi connectivity index (χ2n) is 6.64. The van der Waals surface area contributed by atoms with Crippen molar-refractivity contribution >= 4 is 57.4 Å². The molecule has 0 aliphatic rings. The van der Waals surface area contributed by atoms with E-state index in [1.807, 2.05) is 0 Å². The van der Waals surface area contributed by atoms with Crippen molar-refractivity contribution in [2.45, 2.75) is 117 Å². The first-order valence-corrected chi connectivity index (χ1v) is 9.90. The molecule has 3 heteroatoms. The molecule has 23 heavy (non-hydrogen) atoms. The van der Waals surface area contributed by atoms with Crippen LogP contribution in [0.5, 0.6) is 0 Å². The SMILES string of the molecule is CCCCCCCCCCCCCCCCCCOC(C)=O.[KH]. The molecule has 0 aliphatic carbocycles. The van der Waals surface area contributed by atoms with E-state index in [1.54, 1.807) is 0 Å². The van der Waals surface area contributed by atoms with Gasteiger partial charge in [0, 0.05) is 6.92 Å². The van der Waals surface area contributed by atoms with Crippen LogP contribution < -0.4 is 0 Å². The molecule has 2 nitrogen and oxygen atoms in total. The van der Waals surface area contributed by atoms with E-state index in [-0.39, 0.29) is 57.4 Å². The molecular weight excluding hydrogens is 311 g/mol. The first-order valence-electron chi connectivity index (χ1n) is 9.90. The Balaban J connectivity index is 0. The van der Waals surface area contributed by atoms with Gasteiger partial charge in [0.2, 0.25) is 0 Å². The van der Waals surface area contributed by atoms with Gasteiger partial charge < -0.3 is 4.74 Å². The van der Waals surface area contributed by atoms with Crippen molar-refractivity contribution < 1.29 is 9.53 Å². The number of rotatable bonds is 17. The van der Waals surface area contributed by atoms with E-state index in [2.05, 4.69) is 6.92 Å². The van der Waals surface area contributed by atoms with Gasteiger partial charge >= 0.3 is 57.4 Å². The Morgan fingerprint density at radius 2 is 0.913 bits per heavy atom. The molecule has 0 bridgehead atoms. The second kappa shape index (κ2) is 23.1. The van der Waals surface area contributed by atoms with Gasteiger partial charge in [-0.2, -0.15) is 0 Å². The normalized spacial score (nSPS) is 10.3. The third-order valence-corrected chi connectivity index (χ3v) is 4.30. The molecule has 0 unspecified atom stereocenters. The summed E-state index contributed by atoms with van der Waals surface area (Å²) in [6, 6.07) is 0. The minimum atomic E-state index is -0.152. The van der Waals surface area contributed by atoms with E-state index < -0.39 is 0 Å². The molecule has 0 atom stereocenters. The molecule has 0 aromatic rings. The predicted octanol–water partition coefficient (Wildman–Crippen LogP) is 6.16. The van der Waals surface area contributed by atoms with Crippen LogP contribution in [0.25, 0.3) is 0 Å². The molecule has 0 aromatic heterocycles. The topological polar surface area (TPSA) is 26.3 Å². The average Bonchev–Trinajstić information content (AvgIpc) is 2.50. The zero-order valence-corrected chi connectivity index (χ0v) is 15.3. The second-order valence-corrected chi connectivity index (χ2v) is 6.64. The fourth-order valence-corrected chi connectivity index (χ4v) is 2.87. The minimum absolute atomic E-state index is 0. The van der Waals surface area contributed by atoms with Crippen LogP contribution in [0.1, 0.15) is 117 Å². The van der Waals surface area contributed by atoms with Gasteiger partial charge in [-0.25, -0.2) is 0 Å². The quantitative estimate of drug-likeness (QED) is 0.178. The first kappa shape index (κ1) is 26.3.